The van der Waals surface area contributed by atoms with E-state index in [9.17, 15) is 0 Å². The summed E-state index contributed by atoms with van der Waals surface area (Å²) in [6.45, 7) is 0.378. The normalized spacial score (nSPS) is 10.9. The molecule has 0 unspecified atom stereocenters. The molecule has 1 heterocycles. The summed E-state index contributed by atoms with van der Waals surface area (Å²) in [6.07, 6.45) is 1.70. The minimum atomic E-state index is 0.378. The van der Waals surface area contributed by atoms with Crippen molar-refractivity contribution < 1.29 is 0 Å². The second-order valence-electron chi connectivity index (χ2n) is 3.82. The van der Waals surface area contributed by atoms with Gasteiger partial charge in [-0.2, -0.15) is 0 Å². The molecule has 1 aromatic heterocycles. The molecule has 2 aromatic carbocycles. The van der Waals surface area contributed by atoms with Gasteiger partial charge in [-0.25, -0.2) is 0 Å². The monoisotopic (exact) mass is 224 g/mol. The summed E-state index contributed by atoms with van der Waals surface area (Å²) in [4.78, 5) is 0. The summed E-state index contributed by atoms with van der Waals surface area (Å²) in [5.41, 5.74) is 6.72. The molecule has 0 fully saturated rings. The van der Waals surface area contributed by atoms with Crippen LogP contribution in [0.2, 0.25) is 0 Å². The lowest BCUT2D eigenvalue weighted by atomic mass is 10.1. The molecule has 0 bridgehead atoms. The van der Waals surface area contributed by atoms with Gasteiger partial charge < -0.3 is 5.73 Å². The van der Waals surface area contributed by atoms with Crippen LogP contribution in [-0.4, -0.2) is 14.8 Å². The Kier molecular flexibility index (Phi) is 2.34. The molecule has 0 saturated carbocycles. The molecule has 3 rings (SSSR count). The molecule has 0 aliphatic rings. The fourth-order valence-corrected chi connectivity index (χ4v) is 2.02. The van der Waals surface area contributed by atoms with Gasteiger partial charge in [-0.15, -0.1) is 10.2 Å². The SMILES string of the molecule is NCc1nncn1-c1cccc2ccccc12. The van der Waals surface area contributed by atoms with E-state index in [2.05, 4.69) is 28.4 Å². The van der Waals surface area contributed by atoms with Crippen LogP contribution in [0.4, 0.5) is 0 Å². The Labute approximate surface area is 98.7 Å². The molecule has 0 saturated heterocycles. The number of nitrogens with two attached hydrogens (primary N) is 1. The minimum Gasteiger partial charge on any atom is -0.324 e. The predicted molar refractivity (Wildman–Crippen MR) is 66.8 cm³/mol. The van der Waals surface area contributed by atoms with E-state index < -0.39 is 0 Å². The third-order valence-electron chi connectivity index (χ3n) is 2.83. The van der Waals surface area contributed by atoms with E-state index in [0.717, 1.165) is 11.5 Å². The summed E-state index contributed by atoms with van der Waals surface area (Å²) >= 11 is 0. The maximum absolute atomic E-state index is 5.65. The molecule has 84 valence electrons. The number of aromatic nitrogens is 3. The molecule has 0 aliphatic heterocycles. The zero-order valence-corrected chi connectivity index (χ0v) is 9.24. The van der Waals surface area contributed by atoms with Gasteiger partial charge in [0.2, 0.25) is 0 Å². The summed E-state index contributed by atoms with van der Waals surface area (Å²) in [5.74, 6) is 0.765. The molecule has 0 radical (unpaired) electrons. The highest BCUT2D eigenvalue weighted by Crippen LogP contribution is 2.22. The van der Waals surface area contributed by atoms with Gasteiger partial charge in [0.25, 0.3) is 0 Å². The highest BCUT2D eigenvalue weighted by molar-refractivity contribution is 5.90. The van der Waals surface area contributed by atoms with Crippen LogP contribution in [0.5, 0.6) is 0 Å². The van der Waals surface area contributed by atoms with Crippen molar-refractivity contribution in [3.8, 4) is 5.69 Å². The first-order valence-corrected chi connectivity index (χ1v) is 5.47. The summed E-state index contributed by atoms with van der Waals surface area (Å²) in [5, 5.41) is 10.3. The number of fused-ring (bicyclic) bond motifs is 1. The van der Waals surface area contributed by atoms with E-state index in [0.29, 0.717) is 6.54 Å². The Morgan fingerprint density at radius 2 is 1.88 bits per heavy atom. The Balaban J connectivity index is 2.31. The van der Waals surface area contributed by atoms with Gasteiger partial charge in [0.15, 0.2) is 5.82 Å². The minimum absolute atomic E-state index is 0.378. The number of rotatable bonds is 2. The highest BCUT2D eigenvalue weighted by Gasteiger charge is 2.07. The topological polar surface area (TPSA) is 56.7 Å². The highest BCUT2D eigenvalue weighted by atomic mass is 15.3. The molecule has 2 N–H and O–H groups in total. The van der Waals surface area contributed by atoms with Gasteiger partial charge in [0.05, 0.1) is 12.2 Å². The first kappa shape index (κ1) is 9.99. The van der Waals surface area contributed by atoms with E-state index in [1.165, 1.54) is 10.8 Å². The summed E-state index contributed by atoms with van der Waals surface area (Å²) in [7, 11) is 0. The maximum Gasteiger partial charge on any atom is 0.151 e. The van der Waals surface area contributed by atoms with Crippen molar-refractivity contribution in [2.75, 3.05) is 0 Å². The van der Waals surface area contributed by atoms with Gasteiger partial charge in [-0.1, -0.05) is 36.4 Å². The van der Waals surface area contributed by atoms with Gasteiger partial charge in [0.1, 0.15) is 6.33 Å². The average Bonchev–Trinajstić information content (AvgIpc) is 2.86. The second kappa shape index (κ2) is 3.99. The van der Waals surface area contributed by atoms with E-state index >= 15 is 0 Å². The molecular weight excluding hydrogens is 212 g/mol. The number of hydrogen-bond acceptors (Lipinski definition) is 3. The molecule has 17 heavy (non-hydrogen) atoms. The molecular formula is C13H12N4. The van der Waals surface area contributed by atoms with Gasteiger partial charge in [0, 0.05) is 5.39 Å². The van der Waals surface area contributed by atoms with Crippen molar-refractivity contribution in [1.82, 2.24) is 14.8 Å². The van der Waals surface area contributed by atoms with E-state index in [4.69, 9.17) is 5.73 Å². The van der Waals surface area contributed by atoms with Crippen molar-refractivity contribution in [3.63, 3.8) is 0 Å². The molecule has 4 heteroatoms. The van der Waals surface area contributed by atoms with Crippen molar-refractivity contribution in [1.29, 1.82) is 0 Å². The van der Waals surface area contributed by atoms with E-state index in [1.807, 2.05) is 28.8 Å². The molecule has 0 spiro atoms. The van der Waals surface area contributed by atoms with Crippen LogP contribution in [0.25, 0.3) is 16.5 Å². The lowest BCUT2D eigenvalue weighted by molar-refractivity contribution is 0.863. The fraction of sp³-hybridized carbons (Fsp3) is 0.0769. The van der Waals surface area contributed by atoms with Gasteiger partial charge >= 0.3 is 0 Å². The van der Waals surface area contributed by atoms with Crippen LogP contribution in [0.1, 0.15) is 5.82 Å². The summed E-state index contributed by atoms with van der Waals surface area (Å²) in [6, 6.07) is 14.4. The van der Waals surface area contributed by atoms with Crippen molar-refractivity contribution >= 4 is 10.8 Å². The maximum atomic E-state index is 5.65. The van der Waals surface area contributed by atoms with Crippen LogP contribution < -0.4 is 5.73 Å². The van der Waals surface area contributed by atoms with Crippen LogP contribution in [0.15, 0.2) is 48.8 Å². The average molecular weight is 224 g/mol. The van der Waals surface area contributed by atoms with Crippen molar-refractivity contribution in [3.05, 3.63) is 54.6 Å². The van der Waals surface area contributed by atoms with Gasteiger partial charge in [-0.05, 0) is 11.5 Å². The Hall–Kier alpha value is -2.20. The number of nitrogens with zero attached hydrogens (tertiary/aromatic N) is 3. The smallest absolute Gasteiger partial charge is 0.151 e. The number of benzene rings is 2. The third-order valence-corrected chi connectivity index (χ3v) is 2.83. The van der Waals surface area contributed by atoms with E-state index in [-0.39, 0.29) is 0 Å². The number of hydrogen-bond donors (Lipinski definition) is 1. The molecule has 0 amide bonds. The van der Waals surface area contributed by atoms with Crippen molar-refractivity contribution in [2.24, 2.45) is 5.73 Å². The van der Waals surface area contributed by atoms with Crippen LogP contribution in [0.3, 0.4) is 0 Å². The first-order chi connectivity index (χ1) is 8.40. The lowest BCUT2D eigenvalue weighted by Gasteiger charge is -2.08. The largest absolute Gasteiger partial charge is 0.324 e. The molecule has 0 aliphatic carbocycles. The zero-order valence-electron chi connectivity index (χ0n) is 9.24. The Morgan fingerprint density at radius 1 is 1.06 bits per heavy atom. The predicted octanol–water partition coefficient (Wildman–Crippen LogP) is 1.88. The van der Waals surface area contributed by atoms with Crippen molar-refractivity contribution in [2.45, 2.75) is 6.54 Å². The fourth-order valence-electron chi connectivity index (χ4n) is 2.02. The quantitative estimate of drug-likeness (QED) is 0.723. The van der Waals surface area contributed by atoms with Gasteiger partial charge in [-0.3, -0.25) is 4.57 Å². The van der Waals surface area contributed by atoms with Crippen LogP contribution in [0, 0.1) is 0 Å². The Bertz CT molecular complexity index is 652. The summed E-state index contributed by atoms with van der Waals surface area (Å²) < 4.78 is 1.93. The lowest BCUT2D eigenvalue weighted by Crippen LogP contribution is -2.06. The first-order valence-electron chi connectivity index (χ1n) is 5.47. The zero-order chi connectivity index (χ0) is 11.7. The standard InChI is InChI=1S/C13H12N4/c14-8-13-16-15-9-17(13)12-7-3-5-10-4-1-2-6-11(10)12/h1-7,9H,8,14H2. The van der Waals surface area contributed by atoms with E-state index in [1.54, 1.807) is 6.33 Å². The second-order valence-corrected chi connectivity index (χ2v) is 3.82. The Morgan fingerprint density at radius 3 is 2.76 bits per heavy atom. The molecule has 3 aromatic rings. The van der Waals surface area contributed by atoms with Crippen LogP contribution in [-0.2, 0) is 6.54 Å². The molecule has 4 nitrogen and oxygen atoms in total. The van der Waals surface area contributed by atoms with Crippen LogP contribution >= 0.6 is 0 Å². The third kappa shape index (κ3) is 1.59. The molecule has 0 atom stereocenters.